The third-order valence-corrected chi connectivity index (χ3v) is 5.64. The van der Waals surface area contributed by atoms with Gasteiger partial charge in [0.25, 0.3) is 5.56 Å². The first-order valence-corrected chi connectivity index (χ1v) is 10.6. The molecule has 0 aliphatic carbocycles. The van der Waals surface area contributed by atoms with Crippen LogP contribution in [0.25, 0.3) is 17.3 Å². The van der Waals surface area contributed by atoms with E-state index in [4.69, 9.17) is 4.42 Å². The molecular weight excluding hydrogens is 424 g/mol. The molecule has 1 amide bonds. The number of aromatic nitrogens is 6. The minimum absolute atomic E-state index is 0.151. The fourth-order valence-corrected chi connectivity index (χ4v) is 3.80. The lowest BCUT2D eigenvalue weighted by Gasteiger charge is -2.36. The van der Waals surface area contributed by atoms with Crippen molar-refractivity contribution in [2.45, 2.75) is 13.0 Å². The summed E-state index contributed by atoms with van der Waals surface area (Å²) in [7, 11) is 0. The van der Waals surface area contributed by atoms with Crippen molar-refractivity contribution < 1.29 is 9.21 Å². The van der Waals surface area contributed by atoms with Crippen molar-refractivity contribution in [1.29, 1.82) is 0 Å². The van der Waals surface area contributed by atoms with Crippen LogP contribution < -0.4 is 10.5 Å². The molecule has 5 heterocycles. The maximum atomic E-state index is 13.1. The molecule has 4 aromatic heterocycles. The van der Waals surface area contributed by atoms with E-state index in [1.54, 1.807) is 53.3 Å². The van der Waals surface area contributed by atoms with Crippen LogP contribution in [0.3, 0.4) is 0 Å². The molecule has 168 valence electrons. The summed E-state index contributed by atoms with van der Waals surface area (Å²) in [5.74, 6) is 1.83. The van der Waals surface area contributed by atoms with Gasteiger partial charge in [-0.25, -0.2) is 9.67 Å². The van der Waals surface area contributed by atoms with E-state index < -0.39 is 6.04 Å². The highest BCUT2D eigenvalue weighted by atomic mass is 16.3. The Morgan fingerprint density at radius 2 is 1.82 bits per heavy atom. The highest BCUT2D eigenvalue weighted by molar-refractivity contribution is 5.80. The van der Waals surface area contributed by atoms with Crippen LogP contribution in [0.15, 0.2) is 70.6 Å². The summed E-state index contributed by atoms with van der Waals surface area (Å²) in [5, 5.41) is 12.9. The first-order chi connectivity index (χ1) is 16.1. The molecule has 0 bridgehead atoms. The van der Waals surface area contributed by atoms with Gasteiger partial charge in [0.1, 0.15) is 18.1 Å². The van der Waals surface area contributed by atoms with Gasteiger partial charge in [-0.15, -0.1) is 10.2 Å². The summed E-state index contributed by atoms with van der Waals surface area (Å²) in [6.07, 6.45) is 6.69. The predicted octanol–water partition coefficient (Wildman–Crippen LogP) is 1.39. The van der Waals surface area contributed by atoms with Crippen LogP contribution in [0.5, 0.6) is 0 Å². The summed E-state index contributed by atoms with van der Waals surface area (Å²) in [5.41, 5.74) is 0.167. The van der Waals surface area contributed by atoms with E-state index in [1.165, 1.54) is 17.0 Å². The zero-order chi connectivity index (χ0) is 22.8. The molecule has 11 nitrogen and oxygen atoms in total. The minimum Gasteiger partial charge on any atom is -0.463 e. The van der Waals surface area contributed by atoms with Gasteiger partial charge >= 0.3 is 0 Å². The summed E-state index contributed by atoms with van der Waals surface area (Å²) in [6, 6.07) is 9.56. The van der Waals surface area contributed by atoms with Gasteiger partial charge < -0.3 is 14.2 Å². The first-order valence-electron chi connectivity index (χ1n) is 10.6. The Kier molecular flexibility index (Phi) is 5.43. The normalized spacial score (nSPS) is 14.9. The number of nitrogens with zero attached hydrogens (tertiary/aromatic N) is 8. The number of carbonyl (C=O) groups excluding carboxylic acids is 1. The first kappa shape index (κ1) is 20.6. The lowest BCUT2D eigenvalue weighted by molar-refractivity contribution is -0.135. The van der Waals surface area contributed by atoms with Gasteiger partial charge in [0.05, 0.1) is 6.26 Å². The number of amides is 1. The van der Waals surface area contributed by atoms with E-state index in [-0.39, 0.29) is 11.5 Å². The fourth-order valence-electron chi connectivity index (χ4n) is 3.80. The van der Waals surface area contributed by atoms with Crippen molar-refractivity contribution >= 4 is 11.7 Å². The van der Waals surface area contributed by atoms with Gasteiger partial charge in [0, 0.05) is 44.6 Å². The Bertz CT molecular complexity index is 1270. The molecule has 1 aliphatic rings. The zero-order valence-corrected chi connectivity index (χ0v) is 18.0. The number of anilines is 1. The Labute approximate surface area is 188 Å². The molecule has 11 heteroatoms. The lowest BCUT2D eigenvalue weighted by atomic mass is 10.2. The maximum absolute atomic E-state index is 13.1. The highest BCUT2D eigenvalue weighted by Gasteiger charge is 2.28. The Balaban J connectivity index is 1.24. The standard InChI is InChI=1S/C22H22N8O3/c1-16(30-21(31)7-4-17(26-30)18-3-2-14-33-18)22(32)28-12-10-27(11-13-28)19-5-6-20(25-24-19)29-9-8-23-15-29/h2-9,14-16H,10-13H2,1H3. The number of imidazole rings is 1. The topological polar surface area (TPSA) is 115 Å². The number of piperazine rings is 1. The summed E-state index contributed by atoms with van der Waals surface area (Å²) in [4.78, 5) is 33.4. The van der Waals surface area contributed by atoms with Crippen molar-refractivity contribution in [3.63, 3.8) is 0 Å². The van der Waals surface area contributed by atoms with Crippen LogP contribution in [0.1, 0.15) is 13.0 Å². The van der Waals surface area contributed by atoms with E-state index in [2.05, 4.69) is 25.2 Å². The Morgan fingerprint density at radius 3 is 2.48 bits per heavy atom. The van der Waals surface area contributed by atoms with Gasteiger partial charge in [-0.05, 0) is 37.3 Å². The molecule has 5 rings (SSSR count). The highest BCUT2D eigenvalue weighted by Crippen LogP contribution is 2.18. The average Bonchev–Trinajstić information content (AvgIpc) is 3.59. The third-order valence-electron chi connectivity index (χ3n) is 5.64. The molecular formula is C22H22N8O3. The molecule has 0 saturated carbocycles. The van der Waals surface area contributed by atoms with Crippen LogP contribution >= 0.6 is 0 Å². The average molecular weight is 446 g/mol. The molecule has 1 atom stereocenters. The molecule has 0 spiro atoms. The van der Waals surface area contributed by atoms with E-state index in [1.807, 2.05) is 12.1 Å². The number of furan rings is 1. The van der Waals surface area contributed by atoms with E-state index in [9.17, 15) is 9.59 Å². The maximum Gasteiger partial charge on any atom is 0.267 e. The molecule has 4 aromatic rings. The van der Waals surface area contributed by atoms with Gasteiger partial charge in [0.15, 0.2) is 17.4 Å². The summed E-state index contributed by atoms with van der Waals surface area (Å²) < 4.78 is 8.36. The van der Waals surface area contributed by atoms with E-state index >= 15 is 0 Å². The fraction of sp³-hybridized carbons (Fsp3) is 0.273. The molecule has 1 saturated heterocycles. The quantitative estimate of drug-likeness (QED) is 0.452. The molecule has 1 unspecified atom stereocenters. The third kappa shape index (κ3) is 4.12. The minimum atomic E-state index is -0.729. The number of hydrogen-bond acceptors (Lipinski definition) is 8. The van der Waals surface area contributed by atoms with Gasteiger partial charge in [-0.3, -0.25) is 14.2 Å². The van der Waals surface area contributed by atoms with Gasteiger partial charge in [-0.2, -0.15) is 5.10 Å². The van der Waals surface area contributed by atoms with Gasteiger partial charge in [0.2, 0.25) is 5.91 Å². The van der Waals surface area contributed by atoms with Crippen LogP contribution in [0.4, 0.5) is 5.82 Å². The zero-order valence-electron chi connectivity index (χ0n) is 18.0. The lowest BCUT2D eigenvalue weighted by Crippen LogP contribution is -2.51. The van der Waals surface area contributed by atoms with Crippen LogP contribution in [0, 0.1) is 0 Å². The molecule has 1 fully saturated rings. The van der Waals surface area contributed by atoms with Crippen LogP contribution in [0.2, 0.25) is 0 Å². The monoisotopic (exact) mass is 446 g/mol. The number of hydrogen-bond donors (Lipinski definition) is 0. The van der Waals surface area contributed by atoms with Gasteiger partial charge in [-0.1, -0.05) is 0 Å². The second kappa shape index (κ2) is 8.69. The molecule has 33 heavy (non-hydrogen) atoms. The summed E-state index contributed by atoms with van der Waals surface area (Å²) >= 11 is 0. The predicted molar refractivity (Wildman–Crippen MR) is 119 cm³/mol. The van der Waals surface area contributed by atoms with Crippen molar-refractivity contribution in [2.24, 2.45) is 0 Å². The molecule has 0 N–H and O–H groups in total. The molecule has 1 aliphatic heterocycles. The number of rotatable bonds is 5. The molecule has 0 aromatic carbocycles. The SMILES string of the molecule is CC(C(=O)N1CCN(c2ccc(-n3ccnc3)nn2)CC1)n1nc(-c2ccco2)ccc1=O. The second-order valence-corrected chi connectivity index (χ2v) is 7.69. The van der Waals surface area contributed by atoms with E-state index in [0.29, 0.717) is 43.5 Å². The van der Waals surface area contributed by atoms with Crippen LogP contribution in [-0.4, -0.2) is 66.5 Å². The molecule has 0 radical (unpaired) electrons. The second-order valence-electron chi connectivity index (χ2n) is 7.69. The van der Waals surface area contributed by atoms with Crippen LogP contribution in [-0.2, 0) is 4.79 Å². The van der Waals surface area contributed by atoms with E-state index in [0.717, 1.165) is 5.82 Å². The Hall–Kier alpha value is -4.28. The van der Waals surface area contributed by atoms with Crippen molar-refractivity contribution in [3.8, 4) is 17.3 Å². The van der Waals surface area contributed by atoms with Crippen molar-refractivity contribution in [2.75, 3.05) is 31.1 Å². The van der Waals surface area contributed by atoms with Crippen molar-refractivity contribution in [1.82, 2.24) is 34.4 Å². The summed E-state index contributed by atoms with van der Waals surface area (Å²) in [6.45, 7) is 3.95. The Morgan fingerprint density at radius 1 is 1.03 bits per heavy atom. The largest absolute Gasteiger partial charge is 0.463 e. The smallest absolute Gasteiger partial charge is 0.267 e. The van der Waals surface area contributed by atoms with Crippen molar-refractivity contribution in [3.05, 3.63) is 71.7 Å². The number of carbonyl (C=O) groups is 1.